The molecule has 0 aromatic rings. The van der Waals surface area contributed by atoms with Gasteiger partial charge in [-0.2, -0.15) is 0 Å². The molecule has 1 saturated heterocycles. The summed E-state index contributed by atoms with van der Waals surface area (Å²) in [4.78, 5) is 12.7. The van der Waals surface area contributed by atoms with Crippen molar-refractivity contribution in [3.8, 4) is 0 Å². The molecular weight excluding hydrogens is 204 g/mol. The summed E-state index contributed by atoms with van der Waals surface area (Å²) in [6.07, 6.45) is 1.33. The van der Waals surface area contributed by atoms with Crippen LogP contribution in [0.15, 0.2) is 0 Å². The second kappa shape index (κ2) is 4.86. The number of carbonyl (C=O) groups excluding carboxylic acids is 1. The molecule has 6 heteroatoms. The predicted molar refractivity (Wildman–Crippen MR) is 51.9 cm³/mol. The first-order chi connectivity index (χ1) is 6.52. The highest BCUT2D eigenvalue weighted by Gasteiger charge is 2.25. The van der Waals surface area contributed by atoms with Gasteiger partial charge in [0.1, 0.15) is 0 Å². The van der Waals surface area contributed by atoms with Gasteiger partial charge in [0.15, 0.2) is 0 Å². The summed E-state index contributed by atoms with van der Waals surface area (Å²) in [7, 11) is 0. The maximum absolute atomic E-state index is 10.8. The van der Waals surface area contributed by atoms with E-state index in [9.17, 15) is 13.6 Å². The van der Waals surface area contributed by atoms with Crippen LogP contribution in [0.25, 0.3) is 0 Å². The van der Waals surface area contributed by atoms with Gasteiger partial charge in [0.2, 0.25) is 5.91 Å². The van der Waals surface area contributed by atoms with Crippen LogP contribution in [-0.4, -0.2) is 38.0 Å². The molecule has 0 saturated carbocycles. The second-order valence-corrected chi connectivity index (χ2v) is 4.78. The Bertz CT molecular complexity index is 239. The Hall–Kier alpha value is -0.460. The highest BCUT2D eigenvalue weighted by molar-refractivity contribution is 7.79. The molecular formula is C8H15N2O3S-. The van der Waals surface area contributed by atoms with Crippen LogP contribution in [0.5, 0.6) is 0 Å². The Kier molecular flexibility index (Phi) is 4.03. The number of carbonyl (C=O) groups is 1. The SMILES string of the molecule is CC(N1CCC(C(N)=O)CC1)S(=O)[O-]. The average Bonchev–Trinajstić information content (AvgIpc) is 2.16. The van der Waals surface area contributed by atoms with Crippen molar-refractivity contribution in [2.24, 2.45) is 11.7 Å². The molecule has 0 aromatic carbocycles. The number of rotatable bonds is 3. The van der Waals surface area contributed by atoms with Gasteiger partial charge in [0, 0.05) is 19.0 Å². The van der Waals surface area contributed by atoms with E-state index in [0.29, 0.717) is 25.9 Å². The normalized spacial score (nSPS) is 24.4. The number of nitrogens with two attached hydrogens (primary N) is 1. The average molecular weight is 219 g/mol. The van der Waals surface area contributed by atoms with Crippen molar-refractivity contribution in [1.29, 1.82) is 0 Å². The van der Waals surface area contributed by atoms with Gasteiger partial charge in [-0.25, -0.2) is 0 Å². The first kappa shape index (κ1) is 11.6. The van der Waals surface area contributed by atoms with Crippen molar-refractivity contribution in [2.45, 2.75) is 25.1 Å². The fraction of sp³-hybridized carbons (Fsp3) is 0.875. The maximum Gasteiger partial charge on any atom is 0.220 e. The predicted octanol–water partition coefficient (Wildman–Crippen LogP) is -0.591. The third kappa shape index (κ3) is 2.76. The number of piperidine rings is 1. The molecule has 1 amide bonds. The summed E-state index contributed by atoms with van der Waals surface area (Å²) >= 11 is -2.07. The number of amides is 1. The van der Waals surface area contributed by atoms with E-state index >= 15 is 0 Å². The van der Waals surface area contributed by atoms with Crippen LogP contribution in [0.2, 0.25) is 0 Å². The molecule has 0 aromatic heterocycles. The van der Waals surface area contributed by atoms with Crippen molar-refractivity contribution in [3.05, 3.63) is 0 Å². The highest BCUT2D eigenvalue weighted by Crippen LogP contribution is 2.19. The van der Waals surface area contributed by atoms with Gasteiger partial charge in [-0.1, -0.05) is 0 Å². The lowest BCUT2D eigenvalue weighted by Gasteiger charge is -2.35. The molecule has 0 radical (unpaired) electrons. The third-order valence-corrected chi connectivity index (χ3v) is 3.58. The van der Waals surface area contributed by atoms with Crippen molar-refractivity contribution < 1.29 is 13.6 Å². The zero-order valence-electron chi connectivity index (χ0n) is 8.14. The molecule has 1 aliphatic rings. The Morgan fingerprint density at radius 1 is 1.57 bits per heavy atom. The van der Waals surface area contributed by atoms with Gasteiger partial charge in [-0.3, -0.25) is 13.9 Å². The minimum atomic E-state index is -2.07. The van der Waals surface area contributed by atoms with E-state index in [-0.39, 0.29) is 11.8 Å². The van der Waals surface area contributed by atoms with Crippen molar-refractivity contribution in [3.63, 3.8) is 0 Å². The van der Waals surface area contributed by atoms with E-state index in [1.54, 1.807) is 6.92 Å². The van der Waals surface area contributed by atoms with Crippen molar-refractivity contribution in [2.75, 3.05) is 13.1 Å². The lowest BCUT2D eigenvalue weighted by Crippen LogP contribution is -2.44. The van der Waals surface area contributed by atoms with Crippen molar-refractivity contribution in [1.82, 2.24) is 4.90 Å². The molecule has 0 spiro atoms. The molecule has 1 heterocycles. The summed E-state index contributed by atoms with van der Waals surface area (Å²) in [6.45, 7) is 2.90. The van der Waals surface area contributed by atoms with E-state index in [1.807, 2.05) is 4.90 Å². The summed E-state index contributed by atoms with van der Waals surface area (Å²) in [6, 6.07) is 0. The highest BCUT2D eigenvalue weighted by atomic mass is 32.2. The fourth-order valence-electron chi connectivity index (χ4n) is 1.67. The maximum atomic E-state index is 10.8. The number of likely N-dealkylation sites (tertiary alicyclic amines) is 1. The van der Waals surface area contributed by atoms with Gasteiger partial charge < -0.3 is 10.3 Å². The molecule has 0 aliphatic carbocycles. The quantitative estimate of drug-likeness (QED) is 0.643. The Morgan fingerprint density at radius 3 is 2.43 bits per heavy atom. The molecule has 5 nitrogen and oxygen atoms in total. The molecule has 2 unspecified atom stereocenters. The summed E-state index contributed by atoms with van der Waals surface area (Å²) in [5.74, 6) is -0.362. The van der Waals surface area contributed by atoms with E-state index < -0.39 is 16.5 Å². The van der Waals surface area contributed by atoms with Crippen LogP contribution >= 0.6 is 0 Å². The number of hydrogen-bond acceptors (Lipinski definition) is 4. The first-order valence-electron chi connectivity index (χ1n) is 4.64. The topological polar surface area (TPSA) is 86.5 Å². The molecule has 1 fully saturated rings. The number of hydrogen-bond donors (Lipinski definition) is 1. The zero-order valence-corrected chi connectivity index (χ0v) is 8.96. The van der Waals surface area contributed by atoms with Crippen LogP contribution in [0, 0.1) is 5.92 Å². The largest absolute Gasteiger partial charge is 0.771 e. The Balaban J connectivity index is 2.43. The van der Waals surface area contributed by atoms with Gasteiger partial charge in [-0.15, -0.1) is 0 Å². The minimum Gasteiger partial charge on any atom is -0.771 e. The fourth-order valence-corrected chi connectivity index (χ4v) is 2.12. The van der Waals surface area contributed by atoms with Gasteiger partial charge in [0.25, 0.3) is 0 Å². The van der Waals surface area contributed by atoms with Crippen LogP contribution < -0.4 is 5.73 Å². The monoisotopic (exact) mass is 219 g/mol. The first-order valence-corrected chi connectivity index (χ1v) is 5.77. The second-order valence-electron chi connectivity index (χ2n) is 3.57. The standard InChI is InChI=1S/C8H16N2O3S/c1-6(14(12)13)10-4-2-7(3-5-10)8(9)11/h6-7H,2-5H2,1H3,(H2,9,11)(H,12,13)/p-1. The van der Waals surface area contributed by atoms with Crippen LogP contribution in [0.1, 0.15) is 19.8 Å². The van der Waals surface area contributed by atoms with Crippen LogP contribution in [0.3, 0.4) is 0 Å². The van der Waals surface area contributed by atoms with Gasteiger partial charge in [-0.05, 0) is 30.8 Å². The van der Waals surface area contributed by atoms with Crippen molar-refractivity contribution >= 4 is 17.0 Å². The van der Waals surface area contributed by atoms with Crippen LogP contribution in [0.4, 0.5) is 0 Å². The van der Waals surface area contributed by atoms with E-state index in [0.717, 1.165) is 0 Å². The number of primary amides is 1. The molecule has 14 heavy (non-hydrogen) atoms. The molecule has 82 valence electrons. The Morgan fingerprint density at radius 2 is 2.07 bits per heavy atom. The zero-order chi connectivity index (χ0) is 10.7. The lowest BCUT2D eigenvalue weighted by atomic mass is 9.96. The van der Waals surface area contributed by atoms with E-state index in [1.165, 1.54) is 0 Å². The van der Waals surface area contributed by atoms with Gasteiger partial charge in [0.05, 0.1) is 5.37 Å². The van der Waals surface area contributed by atoms with E-state index in [4.69, 9.17) is 5.73 Å². The molecule has 2 N–H and O–H groups in total. The number of nitrogens with zero attached hydrogens (tertiary/aromatic N) is 1. The molecule has 2 atom stereocenters. The minimum absolute atomic E-state index is 0.0847. The smallest absolute Gasteiger partial charge is 0.220 e. The van der Waals surface area contributed by atoms with Gasteiger partial charge >= 0.3 is 0 Å². The van der Waals surface area contributed by atoms with Crippen LogP contribution in [-0.2, 0) is 15.9 Å². The Labute approximate surface area is 85.9 Å². The molecule has 1 aliphatic heterocycles. The third-order valence-electron chi connectivity index (χ3n) is 2.72. The summed E-state index contributed by atoms with van der Waals surface area (Å²) < 4.78 is 21.4. The van der Waals surface area contributed by atoms with E-state index in [2.05, 4.69) is 0 Å². The lowest BCUT2D eigenvalue weighted by molar-refractivity contribution is -0.123. The summed E-state index contributed by atoms with van der Waals surface area (Å²) in [5.41, 5.74) is 5.17. The molecule has 0 bridgehead atoms. The summed E-state index contributed by atoms with van der Waals surface area (Å²) in [5, 5.41) is -0.469. The molecule has 1 rings (SSSR count).